The van der Waals surface area contributed by atoms with Crippen molar-refractivity contribution in [1.29, 1.82) is 0 Å². The Balaban J connectivity index is 1.70. The molecule has 1 aliphatic rings. The van der Waals surface area contributed by atoms with Crippen LogP contribution in [-0.2, 0) is 9.84 Å². The van der Waals surface area contributed by atoms with Crippen LogP contribution in [0.1, 0.15) is 37.7 Å². The van der Waals surface area contributed by atoms with Gasteiger partial charge >= 0.3 is 0 Å². The summed E-state index contributed by atoms with van der Waals surface area (Å²) in [4.78, 5) is 0. The van der Waals surface area contributed by atoms with Crippen LogP contribution in [0.5, 0.6) is 0 Å². The molecule has 0 saturated carbocycles. The lowest BCUT2D eigenvalue weighted by atomic mass is 9.98. The number of rotatable bonds is 5. The number of nitrogens with one attached hydrogen (secondary N) is 1. The minimum atomic E-state index is -2.74. The van der Waals surface area contributed by atoms with Gasteiger partial charge in [-0.1, -0.05) is 37.3 Å². The van der Waals surface area contributed by atoms with Crippen LogP contribution in [0.25, 0.3) is 0 Å². The Morgan fingerprint density at radius 3 is 2.47 bits per heavy atom. The highest BCUT2D eigenvalue weighted by Gasteiger charge is 2.22. The molecule has 1 heterocycles. The smallest absolute Gasteiger partial charge is 0.150 e. The van der Waals surface area contributed by atoms with Gasteiger partial charge in [0, 0.05) is 6.04 Å². The van der Waals surface area contributed by atoms with Gasteiger partial charge in [-0.2, -0.15) is 0 Å². The third kappa shape index (κ3) is 4.62. The molecule has 1 aliphatic heterocycles. The predicted octanol–water partition coefficient (Wildman–Crippen LogP) is 2.35. The first-order valence-corrected chi connectivity index (χ1v) is 8.88. The van der Waals surface area contributed by atoms with Crippen LogP contribution in [0.4, 0.5) is 0 Å². The zero-order valence-corrected chi connectivity index (χ0v) is 12.3. The molecule has 1 aromatic carbocycles. The van der Waals surface area contributed by atoms with Crippen LogP contribution in [0.2, 0.25) is 0 Å². The molecule has 0 bridgehead atoms. The van der Waals surface area contributed by atoms with Crippen molar-refractivity contribution in [3.63, 3.8) is 0 Å². The molecule has 4 heteroatoms. The SMILES string of the molecule is CC(CCNC1CCS(=O)(=O)CC1)c1ccccc1. The second-order valence-corrected chi connectivity index (χ2v) is 7.78. The van der Waals surface area contributed by atoms with E-state index < -0.39 is 9.84 Å². The van der Waals surface area contributed by atoms with E-state index in [-0.39, 0.29) is 0 Å². The van der Waals surface area contributed by atoms with E-state index in [1.54, 1.807) is 0 Å². The minimum Gasteiger partial charge on any atom is -0.314 e. The van der Waals surface area contributed by atoms with Crippen LogP contribution in [0.3, 0.4) is 0 Å². The van der Waals surface area contributed by atoms with E-state index in [0.717, 1.165) is 25.8 Å². The molecule has 106 valence electrons. The molecule has 1 N–H and O–H groups in total. The summed E-state index contributed by atoms with van der Waals surface area (Å²) in [7, 11) is -2.74. The van der Waals surface area contributed by atoms with Gasteiger partial charge < -0.3 is 5.32 Å². The van der Waals surface area contributed by atoms with E-state index in [1.165, 1.54) is 5.56 Å². The van der Waals surface area contributed by atoms with Gasteiger partial charge in [-0.05, 0) is 37.3 Å². The van der Waals surface area contributed by atoms with Crippen LogP contribution < -0.4 is 5.32 Å². The normalized spacial score (nSPS) is 21.1. The first kappa shape index (κ1) is 14.5. The van der Waals surface area contributed by atoms with Crippen molar-refractivity contribution in [2.24, 2.45) is 0 Å². The largest absolute Gasteiger partial charge is 0.314 e. The molecule has 3 nitrogen and oxygen atoms in total. The van der Waals surface area contributed by atoms with Gasteiger partial charge in [0.25, 0.3) is 0 Å². The van der Waals surface area contributed by atoms with Crippen molar-refractivity contribution < 1.29 is 8.42 Å². The maximum atomic E-state index is 11.3. The Kier molecular flexibility index (Phi) is 4.99. The fourth-order valence-electron chi connectivity index (χ4n) is 2.55. The van der Waals surface area contributed by atoms with Crippen molar-refractivity contribution in [2.75, 3.05) is 18.1 Å². The Hall–Kier alpha value is -0.870. The fourth-order valence-corrected chi connectivity index (χ4v) is 4.04. The predicted molar refractivity (Wildman–Crippen MR) is 79.2 cm³/mol. The molecule has 0 aromatic heterocycles. The lowest BCUT2D eigenvalue weighted by Crippen LogP contribution is -2.38. The Morgan fingerprint density at radius 2 is 1.84 bits per heavy atom. The first-order chi connectivity index (χ1) is 9.07. The van der Waals surface area contributed by atoms with Crippen LogP contribution >= 0.6 is 0 Å². The third-order valence-corrected chi connectivity index (χ3v) is 5.65. The lowest BCUT2D eigenvalue weighted by Gasteiger charge is -2.24. The molecule has 2 rings (SSSR count). The molecule has 1 fully saturated rings. The van der Waals surface area contributed by atoms with E-state index in [9.17, 15) is 8.42 Å². The van der Waals surface area contributed by atoms with Gasteiger partial charge in [-0.15, -0.1) is 0 Å². The van der Waals surface area contributed by atoms with Crippen molar-refractivity contribution in [1.82, 2.24) is 5.32 Å². The van der Waals surface area contributed by atoms with E-state index in [1.807, 2.05) is 6.07 Å². The number of hydrogen-bond donors (Lipinski definition) is 1. The average molecular weight is 281 g/mol. The number of sulfone groups is 1. The van der Waals surface area contributed by atoms with Gasteiger partial charge in [0.1, 0.15) is 9.84 Å². The summed E-state index contributed by atoms with van der Waals surface area (Å²) < 4.78 is 22.7. The highest BCUT2D eigenvalue weighted by molar-refractivity contribution is 7.91. The van der Waals surface area contributed by atoms with Gasteiger partial charge in [0.05, 0.1) is 11.5 Å². The Morgan fingerprint density at radius 1 is 1.21 bits per heavy atom. The van der Waals surface area contributed by atoms with Crippen molar-refractivity contribution >= 4 is 9.84 Å². The summed E-state index contributed by atoms with van der Waals surface area (Å²) >= 11 is 0. The zero-order valence-electron chi connectivity index (χ0n) is 11.5. The summed E-state index contributed by atoms with van der Waals surface area (Å²) in [5.41, 5.74) is 1.37. The van der Waals surface area contributed by atoms with Crippen molar-refractivity contribution in [3.8, 4) is 0 Å². The lowest BCUT2D eigenvalue weighted by molar-refractivity contribution is 0.450. The van der Waals surface area contributed by atoms with E-state index in [2.05, 4.69) is 36.5 Å². The molecule has 0 radical (unpaired) electrons. The highest BCUT2D eigenvalue weighted by Crippen LogP contribution is 2.18. The van der Waals surface area contributed by atoms with E-state index >= 15 is 0 Å². The molecule has 0 aliphatic carbocycles. The third-order valence-electron chi connectivity index (χ3n) is 3.93. The topological polar surface area (TPSA) is 46.2 Å². The van der Waals surface area contributed by atoms with E-state index in [0.29, 0.717) is 23.5 Å². The summed E-state index contributed by atoms with van der Waals surface area (Å²) in [6.07, 6.45) is 2.62. The number of benzene rings is 1. The molecule has 0 spiro atoms. The highest BCUT2D eigenvalue weighted by atomic mass is 32.2. The Bertz CT molecular complexity index is 470. The molecule has 1 saturated heterocycles. The molecule has 1 unspecified atom stereocenters. The van der Waals surface area contributed by atoms with Crippen LogP contribution in [0.15, 0.2) is 30.3 Å². The van der Waals surface area contributed by atoms with Gasteiger partial charge in [-0.25, -0.2) is 8.42 Å². The van der Waals surface area contributed by atoms with E-state index in [4.69, 9.17) is 0 Å². The van der Waals surface area contributed by atoms with Gasteiger partial charge in [-0.3, -0.25) is 0 Å². The summed E-state index contributed by atoms with van der Waals surface area (Å²) in [5.74, 6) is 1.23. The summed E-state index contributed by atoms with van der Waals surface area (Å²) in [6, 6.07) is 10.9. The monoisotopic (exact) mass is 281 g/mol. The minimum absolute atomic E-state index is 0.346. The van der Waals surface area contributed by atoms with Gasteiger partial charge in [0.2, 0.25) is 0 Å². The van der Waals surface area contributed by atoms with Gasteiger partial charge in [0.15, 0.2) is 0 Å². The summed E-state index contributed by atoms with van der Waals surface area (Å²) in [6.45, 7) is 3.20. The fraction of sp³-hybridized carbons (Fsp3) is 0.600. The number of hydrogen-bond acceptors (Lipinski definition) is 3. The van der Waals surface area contributed by atoms with Crippen molar-refractivity contribution in [3.05, 3.63) is 35.9 Å². The van der Waals surface area contributed by atoms with Crippen LogP contribution in [-0.4, -0.2) is 32.5 Å². The molecular formula is C15H23NO2S. The quantitative estimate of drug-likeness (QED) is 0.901. The van der Waals surface area contributed by atoms with Crippen LogP contribution in [0, 0.1) is 0 Å². The first-order valence-electron chi connectivity index (χ1n) is 7.05. The maximum Gasteiger partial charge on any atom is 0.150 e. The molecule has 0 amide bonds. The second-order valence-electron chi connectivity index (χ2n) is 5.48. The molecule has 1 atom stereocenters. The molecular weight excluding hydrogens is 258 g/mol. The second kappa shape index (κ2) is 6.53. The maximum absolute atomic E-state index is 11.3. The average Bonchev–Trinajstić information content (AvgIpc) is 2.41. The standard InChI is InChI=1S/C15H23NO2S/c1-13(14-5-3-2-4-6-14)7-10-16-15-8-11-19(17,18)12-9-15/h2-6,13,15-16H,7-12H2,1H3. The summed E-state index contributed by atoms with van der Waals surface area (Å²) in [5, 5.41) is 3.50. The zero-order chi connectivity index (χ0) is 13.7. The molecule has 1 aromatic rings. The van der Waals surface area contributed by atoms with Crippen molar-refractivity contribution in [2.45, 2.75) is 38.1 Å². The molecule has 19 heavy (non-hydrogen) atoms. The Labute approximate surface area is 116 Å².